The van der Waals surface area contributed by atoms with Gasteiger partial charge in [-0.1, -0.05) is 13.3 Å². The van der Waals surface area contributed by atoms with E-state index < -0.39 is 10.4 Å². The molecule has 8 nitrogen and oxygen atoms in total. The van der Waals surface area contributed by atoms with E-state index in [2.05, 4.69) is 26.5 Å². The fourth-order valence-electron chi connectivity index (χ4n) is 1.81. The lowest BCUT2D eigenvalue weighted by Crippen LogP contribution is -2.24. The van der Waals surface area contributed by atoms with E-state index in [-0.39, 0.29) is 5.88 Å². The number of hydroxylamine groups is 2. The smallest absolute Gasteiger partial charge is 0.354 e. The molecule has 0 radical (unpaired) electrons. The molecule has 1 aromatic rings. The summed E-state index contributed by atoms with van der Waals surface area (Å²) in [7, 11) is -1.32. The van der Waals surface area contributed by atoms with Crippen LogP contribution in [0.3, 0.4) is 0 Å². The number of unbranched alkanes of at least 4 members (excludes halogenated alkanes) is 1. The van der Waals surface area contributed by atoms with E-state index in [9.17, 15) is 8.42 Å². The Balaban J connectivity index is 3.16. The Morgan fingerprint density at radius 1 is 1.23 bits per heavy atom. The van der Waals surface area contributed by atoms with Crippen molar-refractivity contribution >= 4 is 16.3 Å². The van der Waals surface area contributed by atoms with E-state index in [1.807, 2.05) is 6.92 Å². The first-order chi connectivity index (χ1) is 10.3. The first-order valence-electron chi connectivity index (χ1n) is 7.21. The van der Waals surface area contributed by atoms with Gasteiger partial charge in [0.25, 0.3) is 0 Å². The van der Waals surface area contributed by atoms with E-state index in [1.165, 1.54) is 14.1 Å². The third-order valence-corrected chi connectivity index (χ3v) is 3.56. The van der Waals surface area contributed by atoms with E-state index in [1.54, 1.807) is 6.92 Å². The van der Waals surface area contributed by atoms with E-state index >= 15 is 0 Å². The summed E-state index contributed by atoms with van der Waals surface area (Å²) < 4.78 is 33.4. The second-order valence-corrected chi connectivity index (χ2v) is 6.06. The number of aryl methyl sites for hydroxylation is 1. The highest BCUT2D eigenvalue weighted by Gasteiger charge is 2.22. The molecule has 0 atom stereocenters. The quantitative estimate of drug-likeness (QED) is 0.683. The lowest BCUT2D eigenvalue weighted by Gasteiger charge is -2.15. The van der Waals surface area contributed by atoms with Crippen molar-refractivity contribution in [3.8, 4) is 5.88 Å². The fourth-order valence-corrected chi connectivity index (χ4v) is 2.54. The van der Waals surface area contributed by atoms with Gasteiger partial charge in [0.2, 0.25) is 11.8 Å². The number of anilines is 1. The molecule has 0 aliphatic carbocycles. The molecule has 22 heavy (non-hydrogen) atoms. The SMILES string of the molecule is CCCCc1c(C)nc(NCC)nc1OS(=O)(=O)ON(C)C. The summed E-state index contributed by atoms with van der Waals surface area (Å²) in [5.41, 5.74) is 1.36. The second kappa shape index (κ2) is 8.25. The summed E-state index contributed by atoms with van der Waals surface area (Å²) in [5, 5.41) is 3.99. The molecule has 0 saturated heterocycles. The summed E-state index contributed by atoms with van der Waals surface area (Å²) >= 11 is 0. The van der Waals surface area contributed by atoms with Crippen molar-refractivity contribution in [2.24, 2.45) is 0 Å². The summed E-state index contributed by atoms with van der Waals surface area (Å²) in [6.07, 6.45) is 2.49. The summed E-state index contributed by atoms with van der Waals surface area (Å²) in [6.45, 7) is 6.37. The predicted molar refractivity (Wildman–Crippen MR) is 83.9 cm³/mol. The molecule has 0 saturated carbocycles. The molecule has 0 aliphatic rings. The molecule has 0 bridgehead atoms. The number of nitrogens with one attached hydrogen (secondary N) is 1. The third kappa shape index (κ3) is 5.74. The van der Waals surface area contributed by atoms with Crippen molar-refractivity contribution in [1.82, 2.24) is 15.0 Å². The molecule has 0 unspecified atom stereocenters. The van der Waals surface area contributed by atoms with Crippen LogP contribution in [0, 0.1) is 6.92 Å². The first-order valence-corrected chi connectivity index (χ1v) is 8.55. The topological polar surface area (TPSA) is 93.7 Å². The lowest BCUT2D eigenvalue weighted by atomic mass is 10.1. The highest BCUT2D eigenvalue weighted by atomic mass is 32.3. The molecular formula is C13H24N4O4S. The summed E-state index contributed by atoms with van der Waals surface area (Å²) in [6, 6.07) is 0. The van der Waals surface area contributed by atoms with Gasteiger partial charge < -0.3 is 9.50 Å². The zero-order valence-electron chi connectivity index (χ0n) is 13.7. The van der Waals surface area contributed by atoms with Gasteiger partial charge in [0.05, 0.1) is 0 Å². The molecule has 9 heteroatoms. The molecule has 0 fully saturated rings. The Morgan fingerprint density at radius 3 is 2.45 bits per heavy atom. The standard InChI is InChI=1S/C13H24N4O4S/c1-6-8-9-11-10(3)15-13(14-7-2)16-12(11)20-22(18,19)21-17(4)5/h6-9H2,1-5H3,(H,14,15,16). The first kappa shape index (κ1) is 18.6. The number of hydrogen-bond donors (Lipinski definition) is 1. The zero-order valence-corrected chi connectivity index (χ0v) is 14.5. The summed E-state index contributed by atoms with van der Waals surface area (Å²) in [5.74, 6) is 0.342. The van der Waals surface area contributed by atoms with Crippen molar-refractivity contribution in [3.63, 3.8) is 0 Å². The van der Waals surface area contributed by atoms with Crippen LogP contribution in [0.25, 0.3) is 0 Å². The van der Waals surface area contributed by atoms with Crippen LogP contribution < -0.4 is 9.50 Å². The van der Waals surface area contributed by atoms with Crippen molar-refractivity contribution in [2.75, 3.05) is 26.0 Å². The van der Waals surface area contributed by atoms with Crippen molar-refractivity contribution < 1.29 is 16.9 Å². The molecule has 0 spiro atoms. The Morgan fingerprint density at radius 2 is 1.91 bits per heavy atom. The van der Waals surface area contributed by atoms with Crippen LogP contribution >= 0.6 is 0 Å². The minimum atomic E-state index is -4.22. The van der Waals surface area contributed by atoms with Crippen LogP contribution in [-0.4, -0.2) is 44.1 Å². The molecular weight excluding hydrogens is 308 g/mol. The van der Waals surface area contributed by atoms with Gasteiger partial charge in [-0.2, -0.15) is 18.5 Å². The Labute approximate surface area is 132 Å². The van der Waals surface area contributed by atoms with Crippen LogP contribution in [0.5, 0.6) is 5.88 Å². The molecule has 0 aliphatic heterocycles. The monoisotopic (exact) mass is 332 g/mol. The maximum atomic E-state index is 11.8. The van der Waals surface area contributed by atoms with Crippen molar-refractivity contribution in [3.05, 3.63) is 11.3 Å². The van der Waals surface area contributed by atoms with Crippen LogP contribution in [-0.2, 0) is 21.1 Å². The average molecular weight is 332 g/mol. The minimum Gasteiger partial charge on any atom is -0.354 e. The third-order valence-electron chi connectivity index (χ3n) is 2.71. The molecule has 1 aromatic heterocycles. The predicted octanol–water partition coefficient (Wildman–Crippen LogP) is 1.68. The molecule has 1 rings (SSSR count). The molecule has 0 aromatic carbocycles. The van der Waals surface area contributed by atoms with Gasteiger partial charge in [0, 0.05) is 31.9 Å². The van der Waals surface area contributed by atoms with Gasteiger partial charge in [-0.3, -0.25) is 0 Å². The van der Waals surface area contributed by atoms with E-state index in [0.29, 0.717) is 30.2 Å². The fraction of sp³-hybridized carbons (Fsp3) is 0.692. The number of nitrogens with zero attached hydrogens (tertiary/aromatic N) is 3. The van der Waals surface area contributed by atoms with E-state index in [4.69, 9.17) is 4.18 Å². The van der Waals surface area contributed by atoms with Gasteiger partial charge in [0.1, 0.15) is 0 Å². The lowest BCUT2D eigenvalue weighted by molar-refractivity contribution is -0.00628. The zero-order chi connectivity index (χ0) is 16.8. The van der Waals surface area contributed by atoms with Crippen molar-refractivity contribution in [1.29, 1.82) is 0 Å². The average Bonchev–Trinajstić information content (AvgIpc) is 2.36. The molecule has 0 amide bonds. The Kier molecular flexibility index (Phi) is 6.98. The minimum absolute atomic E-state index is 0.0127. The van der Waals surface area contributed by atoms with Gasteiger partial charge in [-0.05, 0) is 26.7 Å². The summed E-state index contributed by atoms with van der Waals surface area (Å²) in [4.78, 5) is 8.47. The van der Waals surface area contributed by atoms with Crippen LogP contribution in [0.1, 0.15) is 37.9 Å². The Bertz CT molecular complexity index is 590. The highest BCUT2D eigenvalue weighted by molar-refractivity contribution is 7.82. The van der Waals surface area contributed by atoms with Gasteiger partial charge in [0.15, 0.2) is 0 Å². The highest BCUT2D eigenvalue weighted by Crippen LogP contribution is 2.24. The number of hydrogen-bond acceptors (Lipinski definition) is 8. The molecule has 1 N–H and O–H groups in total. The van der Waals surface area contributed by atoms with Crippen LogP contribution in [0.4, 0.5) is 5.95 Å². The molecule has 1 heterocycles. The second-order valence-electron chi connectivity index (χ2n) is 4.93. The largest absolute Gasteiger partial charge is 0.467 e. The van der Waals surface area contributed by atoms with Crippen LogP contribution in [0.15, 0.2) is 0 Å². The number of aromatic nitrogens is 2. The number of rotatable bonds is 9. The maximum Gasteiger partial charge on any atom is 0.467 e. The normalized spacial score (nSPS) is 11.7. The van der Waals surface area contributed by atoms with Crippen LogP contribution in [0.2, 0.25) is 0 Å². The van der Waals surface area contributed by atoms with Crippen molar-refractivity contribution in [2.45, 2.75) is 40.0 Å². The van der Waals surface area contributed by atoms with Gasteiger partial charge in [-0.15, -0.1) is 4.28 Å². The maximum absolute atomic E-state index is 11.8. The van der Waals surface area contributed by atoms with Gasteiger partial charge in [-0.25, -0.2) is 4.98 Å². The Hall–Kier alpha value is -1.45. The van der Waals surface area contributed by atoms with Gasteiger partial charge >= 0.3 is 10.4 Å². The van der Waals surface area contributed by atoms with E-state index in [0.717, 1.165) is 17.9 Å². The molecule has 126 valence electrons.